The molecule has 0 heterocycles. The summed E-state index contributed by atoms with van der Waals surface area (Å²) in [6, 6.07) is 13.1. The van der Waals surface area contributed by atoms with Gasteiger partial charge >= 0.3 is 11.9 Å². The molecule has 0 spiro atoms. The standard InChI is InChI=1S/C19H20O5/c1-4-22-17-8-6-5-7-16(17)19(21)24-15-11-9-14(10-12-15)18(20)23-13(2)3/h5-13H,4H2,1-3H3. The van der Waals surface area contributed by atoms with E-state index in [0.29, 0.717) is 29.2 Å². The summed E-state index contributed by atoms with van der Waals surface area (Å²) < 4.78 is 15.9. The van der Waals surface area contributed by atoms with Crippen LogP contribution in [-0.4, -0.2) is 24.6 Å². The van der Waals surface area contributed by atoms with E-state index >= 15 is 0 Å². The molecule has 0 aliphatic heterocycles. The fraction of sp³-hybridized carbons (Fsp3) is 0.263. The van der Waals surface area contributed by atoms with Crippen molar-refractivity contribution < 1.29 is 23.8 Å². The molecule has 126 valence electrons. The third-order valence-electron chi connectivity index (χ3n) is 3.05. The maximum Gasteiger partial charge on any atom is 0.347 e. The molecule has 0 aromatic heterocycles. The summed E-state index contributed by atoms with van der Waals surface area (Å²) in [5.74, 6) is -0.115. The van der Waals surface area contributed by atoms with Gasteiger partial charge in [-0.2, -0.15) is 0 Å². The van der Waals surface area contributed by atoms with E-state index in [-0.39, 0.29) is 6.10 Å². The van der Waals surface area contributed by atoms with Crippen molar-refractivity contribution in [3.8, 4) is 11.5 Å². The number of ether oxygens (including phenoxy) is 3. The van der Waals surface area contributed by atoms with Crippen LogP contribution in [0, 0.1) is 0 Å². The van der Waals surface area contributed by atoms with Crippen molar-refractivity contribution in [2.24, 2.45) is 0 Å². The summed E-state index contributed by atoms with van der Waals surface area (Å²) in [7, 11) is 0. The molecule has 24 heavy (non-hydrogen) atoms. The number of hydrogen-bond acceptors (Lipinski definition) is 5. The van der Waals surface area contributed by atoms with E-state index in [4.69, 9.17) is 14.2 Å². The lowest BCUT2D eigenvalue weighted by atomic mass is 10.2. The monoisotopic (exact) mass is 328 g/mol. The van der Waals surface area contributed by atoms with Crippen molar-refractivity contribution in [1.82, 2.24) is 0 Å². The predicted octanol–water partition coefficient (Wildman–Crippen LogP) is 3.87. The van der Waals surface area contributed by atoms with Gasteiger partial charge < -0.3 is 14.2 Å². The lowest BCUT2D eigenvalue weighted by Gasteiger charge is -2.10. The van der Waals surface area contributed by atoms with Gasteiger partial charge in [-0.15, -0.1) is 0 Å². The molecule has 0 amide bonds. The van der Waals surface area contributed by atoms with Crippen LogP contribution in [0.2, 0.25) is 0 Å². The van der Waals surface area contributed by atoms with E-state index in [9.17, 15) is 9.59 Å². The maximum absolute atomic E-state index is 12.3. The number of carbonyl (C=O) groups is 2. The number of esters is 2. The summed E-state index contributed by atoms with van der Waals surface area (Å²) in [6.07, 6.45) is -0.190. The van der Waals surface area contributed by atoms with E-state index in [1.54, 1.807) is 62.4 Å². The van der Waals surface area contributed by atoms with E-state index < -0.39 is 11.9 Å². The molecule has 0 bridgehead atoms. The molecule has 0 aliphatic rings. The van der Waals surface area contributed by atoms with Gasteiger partial charge in [0.1, 0.15) is 17.1 Å². The molecule has 0 atom stereocenters. The molecule has 0 radical (unpaired) electrons. The van der Waals surface area contributed by atoms with Gasteiger partial charge in [-0.05, 0) is 57.2 Å². The van der Waals surface area contributed by atoms with Gasteiger partial charge in [0.05, 0.1) is 18.3 Å². The van der Waals surface area contributed by atoms with Crippen LogP contribution in [0.3, 0.4) is 0 Å². The SMILES string of the molecule is CCOc1ccccc1C(=O)Oc1ccc(C(=O)OC(C)C)cc1. The summed E-state index contributed by atoms with van der Waals surface area (Å²) in [6.45, 7) is 5.86. The summed E-state index contributed by atoms with van der Waals surface area (Å²) >= 11 is 0. The number of hydrogen-bond donors (Lipinski definition) is 0. The highest BCUT2D eigenvalue weighted by atomic mass is 16.5. The van der Waals surface area contributed by atoms with Gasteiger partial charge in [-0.1, -0.05) is 12.1 Å². The smallest absolute Gasteiger partial charge is 0.347 e. The minimum atomic E-state index is -0.517. The molecule has 2 aromatic carbocycles. The van der Waals surface area contributed by atoms with Crippen molar-refractivity contribution in [2.45, 2.75) is 26.9 Å². The Labute approximate surface area is 141 Å². The zero-order valence-corrected chi connectivity index (χ0v) is 13.9. The zero-order chi connectivity index (χ0) is 17.5. The third kappa shape index (κ3) is 4.59. The van der Waals surface area contributed by atoms with Crippen molar-refractivity contribution in [1.29, 1.82) is 0 Å². The average Bonchev–Trinajstić information content (AvgIpc) is 2.55. The molecule has 5 heteroatoms. The lowest BCUT2D eigenvalue weighted by Crippen LogP contribution is -2.12. The number of carbonyl (C=O) groups excluding carboxylic acids is 2. The highest BCUT2D eigenvalue weighted by Gasteiger charge is 2.15. The van der Waals surface area contributed by atoms with Crippen molar-refractivity contribution >= 4 is 11.9 Å². The average molecular weight is 328 g/mol. The molecule has 0 aliphatic carbocycles. The van der Waals surface area contributed by atoms with E-state index in [2.05, 4.69) is 0 Å². The Bertz CT molecular complexity index is 704. The van der Waals surface area contributed by atoms with Gasteiger partial charge in [-0.3, -0.25) is 0 Å². The Morgan fingerprint density at radius 3 is 2.25 bits per heavy atom. The second-order valence-electron chi connectivity index (χ2n) is 5.30. The van der Waals surface area contributed by atoms with Gasteiger partial charge in [0.25, 0.3) is 0 Å². The quantitative estimate of drug-likeness (QED) is 0.595. The molecule has 0 unspecified atom stereocenters. The highest BCUT2D eigenvalue weighted by molar-refractivity contribution is 5.94. The highest BCUT2D eigenvalue weighted by Crippen LogP contribution is 2.21. The van der Waals surface area contributed by atoms with Crippen LogP contribution in [0.4, 0.5) is 0 Å². The fourth-order valence-electron chi connectivity index (χ4n) is 2.02. The summed E-state index contributed by atoms with van der Waals surface area (Å²) in [5, 5.41) is 0. The molecule has 2 aromatic rings. The molecular weight excluding hydrogens is 308 g/mol. The lowest BCUT2D eigenvalue weighted by molar-refractivity contribution is 0.0378. The largest absolute Gasteiger partial charge is 0.493 e. The first-order valence-corrected chi connectivity index (χ1v) is 7.76. The van der Waals surface area contributed by atoms with E-state index in [1.165, 1.54) is 0 Å². The van der Waals surface area contributed by atoms with Crippen molar-refractivity contribution in [3.63, 3.8) is 0 Å². The molecule has 0 saturated carbocycles. The summed E-state index contributed by atoms with van der Waals surface area (Å²) in [5.41, 5.74) is 0.751. The first-order chi connectivity index (χ1) is 11.5. The Balaban J connectivity index is 2.09. The molecule has 5 nitrogen and oxygen atoms in total. The minimum Gasteiger partial charge on any atom is -0.493 e. The van der Waals surface area contributed by atoms with Gasteiger partial charge in [0, 0.05) is 0 Å². The molecular formula is C19H20O5. The van der Waals surface area contributed by atoms with Crippen molar-refractivity contribution in [3.05, 3.63) is 59.7 Å². The first kappa shape index (κ1) is 17.5. The Morgan fingerprint density at radius 1 is 0.958 bits per heavy atom. The summed E-state index contributed by atoms with van der Waals surface area (Å²) in [4.78, 5) is 24.1. The van der Waals surface area contributed by atoms with Crippen LogP contribution in [0.25, 0.3) is 0 Å². The molecule has 0 saturated heterocycles. The molecule has 0 N–H and O–H groups in total. The van der Waals surface area contributed by atoms with Crippen LogP contribution in [0.1, 0.15) is 41.5 Å². The number of benzene rings is 2. The zero-order valence-electron chi connectivity index (χ0n) is 13.9. The predicted molar refractivity (Wildman–Crippen MR) is 89.6 cm³/mol. The molecule has 2 rings (SSSR count). The van der Waals surface area contributed by atoms with Crippen LogP contribution < -0.4 is 9.47 Å². The van der Waals surface area contributed by atoms with E-state index in [0.717, 1.165) is 0 Å². The number of para-hydroxylation sites is 1. The van der Waals surface area contributed by atoms with Crippen molar-refractivity contribution in [2.75, 3.05) is 6.61 Å². The van der Waals surface area contributed by atoms with E-state index in [1.807, 2.05) is 6.92 Å². The van der Waals surface area contributed by atoms with Gasteiger partial charge in [0.2, 0.25) is 0 Å². The minimum absolute atomic E-state index is 0.190. The van der Waals surface area contributed by atoms with Crippen LogP contribution in [-0.2, 0) is 4.74 Å². The van der Waals surface area contributed by atoms with Gasteiger partial charge in [-0.25, -0.2) is 9.59 Å². The second-order valence-corrected chi connectivity index (χ2v) is 5.30. The van der Waals surface area contributed by atoms with Crippen LogP contribution in [0.5, 0.6) is 11.5 Å². The first-order valence-electron chi connectivity index (χ1n) is 7.76. The number of rotatable bonds is 6. The topological polar surface area (TPSA) is 61.8 Å². The Morgan fingerprint density at radius 2 is 1.62 bits per heavy atom. The Hall–Kier alpha value is -2.82. The maximum atomic E-state index is 12.3. The molecule has 0 fully saturated rings. The van der Waals surface area contributed by atoms with Gasteiger partial charge in [0.15, 0.2) is 0 Å². The normalized spacial score (nSPS) is 10.3. The van der Waals surface area contributed by atoms with Crippen LogP contribution in [0.15, 0.2) is 48.5 Å². The Kier molecular flexibility index (Phi) is 5.95. The van der Waals surface area contributed by atoms with Crippen LogP contribution >= 0.6 is 0 Å². The fourth-order valence-corrected chi connectivity index (χ4v) is 2.02. The second kappa shape index (κ2) is 8.15. The third-order valence-corrected chi connectivity index (χ3v) is 3.05.